The second kappa shape index (κ2) is 4.78. The molecule has 2 rings (SSSR count). The number of cyclic esters (lactones) is 1. The third kappa shape index (κ3) is 3.54. The van der Waals surface area contributed by atoms with Gasteiger partial charge in [-0.15, -0.1) is 0 Å². The Morgan fingerprint density at radius 1 is 1.35 bits per heavy atom. The summed E-state index contributed by atoms with van der Waals surface area (Å²) < 4.78 is 16.8. The van der Waals surface area contributed by atoms with E-state index < -0.39 is 5.79 Å². The quantitative estimate of drug-likeness (QED) is 0.694. The molecule has 4 heteroatoms. The highest BCUT2D eigenvalue weighted by Crippen LogP contribution is 2.30. The van der Waals surface area contributed by atoms with Crippen LogP contribution in [0.2, 0.25) is 0 Å². The number of ether oxygens (including phenoxy) is 3. The van der Waals surface area contributed by atoms with E-state index in [4.69, 9.17) is 14.2 Å². The lowest BCUT2D eigenvalue weighted by Crippen LogP contribution is -2.45. The van der Waals surface area contributed by atoms with Crippen LogP contribution in [-0.4, -0.2) is 30.1 Å². The normalized spacial score (nSPS) is 36.6. The Morgan fingerprint density at radius 3 is 2.76 bits per heavy atom. The fourth-order valence-corrected chi connectivity index (χ4v) is 2.53. The average molecular weight is 240 g/mol. The number of carbonyl (C=O) groups excluding carboxylic acids is 1. The van der Waals surface area contributed by atoms with Gasteiger partial charge in [0.2, 0.25) is 0 Å². The fourth-order valence-electron chi connectivity index (χ4n) is 2.53. The molecule has 0 aromatic heterocycles. The Bertz CT molecular complexity index is 321. The molecule has 0 bridgehead atoms. The molecule has 0 amide bonds. The van der Waals surface area contributed by atoms with Gasteiger partial charge in [-0.05, 0) is 27.2 Å². The van der Waals surface area contributed by atoms with Crippen LogP contribution >= 0.6 is 0 Å². The van der Waals surface area contributed by atoms with Gasteiger partial charge in [0.05, 0.1) is 12.2 Å². The molecular formula is C13H20O4. The Morgan fingerprint density at radius 2 is 2.12 bits per heavy atom. The summed E-state index contributed by atoms with van der Waals surface area (Å²) in [6, 6.07) is 0. The Balaban J connectivity index is 1.90. The molecule has 0 saturated carbocycles. The SMILES string of the molecule is C[C@H]1C[C@@H](C[C@H]2CC=CC(=O)O2)OC(C)(C)O1. The molecule has 0 unspecified atom stereocenters. The van der Waals surface area contributed by atoms with Crippen molar-refractivity contribution in [1.82, 2.24) is 0 Å². The van der Waals surface area contributed by atoms with Crippen LogP contribution in [0.3, 0.4) is 0 Å². The molecule has 0 aliphatic carbocycles. The molecule has 2 heterocycles. The minimum atomic E-state index is -0.545. The highest BCUT2D eigenvalue weighted by Gasteiger charge is 2.35. The summed E-state index contributed by atoms with van der Waals surface area (Å²) in [6.07, 6.45) is 5.93. The Hall–Kier alpha value is -0.870. The molecule has 1 fully saturated rings. The topological polar surface area (TPSA) is 44.8 Å². The summed E-state index contributed by atoms with van der Waals surface area (Å²) in [5.41, 5.74) is 0. The predicted molar refractivity (Wildman–Crippen MR) is 62.4 cm³/mol. The third-order valence-corrected chi connectivity index (χ3v) is 2.99. The van der Waals surface area contributed by atoms with E-state index in [0.29, 0.717) is 0 Å². The Labute approximate surface area is 102 Å². The summed E-state index contributed by atoms with van der Waals surface area (Å²) >= 11 is 0. The molecule has 1 saturated heterocycles. The van der Waals surface area contributed by atoms with Crippen molar-refractivity contribution in [3.05, 3.63) is 12.2 Å². The van der Waals surface area contributed by atoms with E-state index in [1.54, 1.807) is 0 Å². The predicted octanol–water partition coefficient (Wildman–Crippen LogP) is 2.18. The standard InChI is InChI=1S/C13H20O4/c1-9-7-11(17-13(2,3)16-9)8-10-5-4-6-12(14)15-10/h4,6,9-11H,5,7-8H2,1-3H3/t9-,10+,11-/m0/s1. The van der Waals surface area contributed by atoms with Crippen LogP contribution in [0.15, 0.2) is 12.2 Å². The van der Waals surface area contributed by atoms with Gasteiger partial charge in [-0.1, -0.05) is 6.08 Å². The number of rotatable bonds is 2. The minimum absolute atomic E-state index is 0.0569. The monoisotopic (exact) mass is 240 g/mol. The zero-order valence-corrected chi connectivity index (χ0v) is 10.6. The largest absolute Gasteiger partial charge is 0.459 e. The first-order valence-electron chi connectivity index (χ1n) is 6.17. The van der Waals surface area contributed by atoms with E-state index in [1.165, 1.54) is 6.08 Å². The molecule has 96 valence electrons. The van der Waals surface area contributed by atoms with Crippen LogP contribution in [0, 0.1) is 0 Å². The lowest BCUT2D eigenvalue weighted by atomic mass is 10.0. The van der Waals surface area contributed by atoms with Crippen LogP contribution < -0.4 is 0 Å². The summed E-state index contributed by atoms with van der Waals surface area (Å²) in [5.74, 6) is -0.794. The minimum Gasteiger partial charge on any atom is -0.459 e. The van der Waals surface area contributed by atoms with Crippen molar-refractivity contribution in [2.45, 2.75) is 64.1 Å². The summed E-state index contributed by atoms with van der Waals surface area (Å²) in [5, 5.41) is 0. The number of hydrogen-bond acceptors (Lipinski definition) is 4. The lowest BCUT2D eigenvalue weighted by molar-refractivity contribution is -0.299. The van der Waals surface area contributed by atoms with Crippen LogP contribution in [0.4, 0.5) is 0 Å². The zero-order chi connectivity index (χ0) is 12.5. The maximum atomic E-state index is 11.1. The molecule has 2 aliphatic heterocycles. The van der Waals surface area contributed by atoms with Gasteiger partial charge < -0.3 is 14.2 Å². The van der Waals surface area contributed by atoms with E-state index >= 15 is 0 Å². The highest BCUT2D eigenvalue weighted by atomic mass is 16.7. The van der Waals surface area contributed by atoms with E-state index in [1.807, 2.05) is 26.8 Å². The molecule has 0 aromatic rings. The van der Waals surface area contributed by atoms with E-state index in [0.717, 1.165) is 19.3 Å². The number of carbonyl (C=O) groups is 1. The van der Waals surface area contributed by atoms with Gasteiger partial charge in [-0.2, -0.15) is 0 Å². The van der Waals surface area contributed by atoms with Crippen LogP contribution in [0.5, 0.6) is 0 Å². The molecule has 0 aromatic carbocycles. The molecule has 0 radical (unpaired) electrons. The lowest BCUT2D eigenvalue weighted by Gasteiger charge is -2.40. The summed E-state index contributed by atoms with van der Waals surface area (Å²) in [4.78, 5) is 11.1. The van der Waals surface area contributed by atoms with Crippen molar-refractivity contribution in [2.75, 3.05) is 0 Å². The van der Waals surface area contributed by atoms with Crippen LogP contribution in [-0.2, 0) is 19.0 Å². The van der Waals surface area contributed by atoms with Gasteiger partial charge in [0.25, 0.3) is 0 Å². The number of esters is 1. The molecule has 2 aliphatic rings. The van der Waals surface area contributed by atoms with Crippen molar-refractivity contribution >= 4 is 5.97 Å². The summed E-state index contributed by atoms with van der Waals surface area (Å²) in [6.45, 7) is 5.88. The average Bonchev–Trinajstić information content (AvgIpc) is 2.13. The van der Waals surface area contributed by atoms with Crippen molar-refractivity contribution in [3.8, 4) is 0 Å². The van der Waals surface area contributed by atoms with E-state index in [-0.39, 0.29) is 24.3 Å². The maximum absolute atomic E-state index is 11.1. The van der Waals surface area contributed by atoms with Crippen LogP contribution in [0.1, 0.15) is 40.0 Å². The highest BCUT2D eigenvalue weighted by molar-refractivity contribution is 5.82. The summed E-state index contributed by atoms with van der Waals surface area (Å²) in [7, 11) is 0. The molecule has 3 atom stereocenters. The van der Waals surface area contributed by atoms with Gasteiger partial charge >= 0.3 is 5.97 Å². The molecule has 0 spiro atoms. The molecule has 17 heavy (non-hydrogen) atoms. The van der Waals surface area contributed by atoms with Gasteiger partial charge in [0.15, 0.2) is 5.79 Å². The first kappa shape index (κ1) is 12.6. The van der Waals surface area contributed by atoms with Crippen molar-refractivity contribution in [3.63, 3.8) is 0 Å². The molecular weight excluding hydrogens is 220 g/mol. The molecule has 0 N–H and O–H groups in total. The van der Waals surface area contributed by atoms with Crippen molar-refractivity contribution < 1.29 is 19.0 Å². The van der Waals surface area contributed by atoms with Gasteiger partial charge in [-0.3, -0.25) is 0 Å². The smallest absolute Gasteiger partial charge is 0.330 e. The first-order valence-corrected chi connectivity index (χ1v) is 6.17. The van der Waals surface area contributed by atoms with Crippen LogP contribution in [0.25, 0.3) is 0 Å². The van der Waals surface area contributed by atoms with Gasteiger partial charge in [0, 0.05) is 18.9 Å². The first-order chi connectivity index (χ1) is 7.94. The zero-order valence-electron chi connectivity index (χ0n) is 10.6. The second-order valence-corrected chi connectivity index (χ2v) is 5.24. The Kier molecular flexibility index (Phi) is 3.54. The van der Waals surface area contributed by atoms with E-state index in [9.17, 15) is 4.79 Å². The van der Waals surface area contributed by atoms with Gasteiger partial charge in [0.1, 0.15) is 6.10 Å². The molecule has 4 nitrogen and oxygen atoms in total. The van der Waals surface area contributed by atoms with Crippen molar-refractivity contribution in [1.29, 1.82) is 0 Å². The maximum Gasteiger partial charge on any atom is 0.330 e. The van der Waals surface area contributed by atoms with Crippen molar-refractivity contribution in [2.24, 2.45) is 0 Å². The fraction of sp³-hybridized carbons (Fsp3) is 0.769. The van der Waals surface area contributed by atoms with E-state index in [2.05, 4.69) is 0 Å². The second-order valence-electron chi connectivity index (χ2n) is 5.24. The third-order valence-electron chi connectivity index (χ3n) is 2.99. The number of hydrogen-bond donors (Lipinski definition) is 0. The van der Waals surface area contributed by atoms with Gasteiger partial charge in [-0.25, -0.2) is 4.79 Å².